The molecule has 286 valence electrons. The molecular weight excluding hydrogens is 635 g/mol. The Labute approximate surface area is 300 Å². The highest BCUT2D eigenvalue weighted by Crippen LogP contribution is 2.30. The van der Waals surface area contributed by atoms with Crippen LogP contribution >= 0.6 is 0 Å². The van der Waals surface area contributed by atoms with Crippen LogP contribution in [0.15, 0.2) is 24.3 Å². The minimum Gasteiger partial charge on any atom is -0.310 e. The van der Waals surface area contributed by atoms with Crippen molar-refractivity contribution in [2.24, 2.45) is 46.6 Å². The number of amides is 2. The maximum Gasteiger partial charge on any atom is 0.333 e. The number of carbonyl (C=O) groups is 1. The molecule has 0 fully saturated rings. The van der Waals surface area contributed by atoms with Crippen molar-refractivity contribution in [3.05, 3.63) is 29.8 Å². The third kappa shape index (κ3) is 16.4. The van der Waals surface area contributed by atoms with Gasteiger partial charge in [0.2, 0.25) is 0 Å². The van der Waals surface area contributed by atoms with E-state index in [1.807, 2.05) is 22.9 Å². The van der Waals surface area contributed by atoms with Gasteiger partial charge in [-0.15, -0.1) is 0 Å². The van der Waals surface area contributed by atoms with Gasteiger partial charge in [-0.2, -0.15) is 12.7 Å². The first kappa shape index (κ1) is 45.3. The van der Waals surface area contributed by atoms with Gasteiger partial charge >= 0.3 is 16.2 Å². The van der Waals surface area contributed by atoms with Crippen LogP contribution in [0.3, 0.4) is 0 Å². The lowest BCUT2D eigenvalue weighted by molar-refractivity contribution is 0.101. The van der Waals surface area contributed by atoms with Crippen molar-refractivity contribution in [1.29, 1.82) is 0 Å². The van der Waals surface area contributed by atoms with Crippen LogP contribution in [0.1, 0.15) is 156 Å². The summed E-state index contributed by atoms with van der Waals surface area (Å²) in [6.45, 7) is 13.6. The number of nitrogens with one attached hydrogen (secondary N) is 2. The number of carbonyl (C=O) groups excluding carboxylic acids is 1. The average molecular weight is 710 g/mol. The fourth-order valence-electron chi connectivity index (χ4n) is 6.64. The Hall–Kier alpha value is -1.76. The molecule has 0 saturated heterocycles. The molecule has 0 aliphatic rings. The summed E-state index contributed by atoms with van der Waals surface area (Å²) in [6, 6.07) is 6.63. The van der Waals surface area contributed by atoms with Gasteiger partial charge in [0.1, 0.15) is 5.66 Å². The molecule has 10 N–H and O–H groups in total. The summed E-state index contributed by atoms with van der Waals surface area (Å²) in [4.78, 5) is 13.1. The van der Waals surface area contributed by atoms with Crippen LogP contribution in [0, 0.1) is 23.7 Å². The first-order valence-electron chi connectivity index (χ1n) is 19.3. The number of nitrogens with zero attached hydrogens (tertiary/aromatic N) is 1. The van der Waals surface area contributed by atoms with Crippen molar-refractivity contribution in [1.82, 2.24) is 9.03 Å². The second-order valence-corrected chi connectivity index (χ2v) is 17.0. The van der Waals surface area contributed by atoms with E-state index in [0.717, 1.165) is 56.4 Å². The Balaban J connectivity index is 2.83. The van der Waals surface area contributed by atoms with E-state index >= 15 is 0 Å². The maximum atomic E-state index is 13.3. The molecule has 10 nitrogen and oxygen atoms in total. The molecule has 0 bridgehead atoms. The van der Waals surface area contributed by atoms with Crippen molar-refractivity contribution < 1.29 is 13.2 Å². The third-order valence-electron chi connectivity index (χ3n) is 10.5. The zero-order valence-electron chi connectivity index (χ0n) is 32.2. The first-order valence-corrected chi connectivity index (χ1v) is 20.7. The number of nitrogens with two attached hydrogens (primary N) is 4. The lowest BCUT2D eigenvalue weighted by atomic mass is 9.81. The molecule has 11 heteroatoms. The molecule has 0 heterocycles. The summed E-state index contributed by atoms with van der Waals surface area (Å²) in [5, 5.41) is 2.75. The van der Waals surface area contributed by atoms with E-state index in [2.05, 4.69) is 46.9 Å². The van der Waals surface area contributed by atoms with Crippen LogP contribution < -0.4 is 33.0 Å². The van der Waals surface area contributed by atoms with E-state index < -0.39 is 27.7 Å². The summed E-state index contributed by atoms with van der Waals surface area (Å²) < 4.78 is 29.2. The van der Waals surface area contributed by atoms with E-state index in [1.54, 1.807) is 6.07 Å². The minimum atomic E-state index is -4.49. The first-order chi connectivity index (χ1) is 23.0. The predicted octanol–water partition coefficient (Wildman–Crippen LogP) is 7.93. The van der Waals surface area contributed by atoms with Gasteiger partial charge in [-0.05, 0) is 54.6 Å². The molecule has 1 aromatic rings. The predicted molar refractivity (Wildman–Crippen MR) is 208 cm³/mol. The second kappa shape index (κ2) is 22.9. The van der Waals surface area contributed by atoms with Gasteiger partial charge in [0.25, 0.3) is 0 Å². The molecule has 49 heavy (non-hydrogen) atoms. The molecule has 0 aromatic heterocycles. The van der Waals surface area contributed by atoms with Gasteiger partial charge in [0.05, 0.1) is 0 Å². The Morgan fingerprint density at radius 3 is 1.80 bits per heavy atom. The molecule has 2 atom stereocenters. The van der Waals surface area contributed by atoms with Gasteiger partial charge in [-0.25, -0.2) is 9.52 Å². The third-order valence-corrected chi connectivity index (χ3v) is 12.0. The van der Waals surface area contributed by atoms with Crippen molar-refractivity contribution in [2.75, 3.05) is 12.4 Å². The van der Waals surface area contributed by atoms with Gasteiger partial charge < -0.3 is 16.8 Å². The molecular formula is C38H75N7O3S. The maximum absolute atomic E-state index is 13.3. The number of anilines is 1. The van der Waals surface area contributed by atoms with E-state index in [-0.39, 0.29) is 6.42 Å². The smallest absolute Gasteiger partial charge is 0.310 e. The van der Waals surface area contributed by atoms with Gasteiger partial charge in [-0.3, -0.25) is 11.5 Å². The summed E-state index contributed by atoms with van der Waals surface area (Å²) in [6.07, 6.45) is 19.8. The number of hydrogen-bond donors (Lipinski definition) is 6. The Morgan fingerprint density at radius 2 is 1.22 bits per heavy atom. The number of hydrogen-bond acceptors (Lipinski definition) is 7. The van der Waals surface area contributed by atoms with Crippen LogP contribution in [-0.4, -0.2) is 37.3 Å². The number of likely N-dealkylation sites (N-methyl/N-ethyl adjacent to an activating group) is 1. The Kier molecular flexibility index (Phi) is 21.2. The van der Waals surface area contributed by atoms with Crippen molar-refractivity contribution in [3.8, 4) is 0 Å². The van der Waals surface area contributed by atoms with Crippen molar-refractivity contribution in [3.63, 3.8) is 0 Å². The average Bonchev–Trinajstić information content (AvgIpc) is 3.02. The summed E-state index contributed by atoms with van der Waals surface area (Å²) >= 11 is 0. The van der Waals surface area contributed by atoms with Gasteiger partial charge in [0.15, 0.2) is 5.79 Å². The molecule has 0 aliphatic heterocycles. The van der Waals surface area contributed by atoms with Crippen molar-refractivity contribution in [2.45, 2.75) is 169 Å². The fraction of sp³-hybridized carbons (Fsp3) is 0.816. The monoisotopic (exact) mass is 710 g/mol. The summed E-state index contributed by atoms with van der Waals surface area (Å²) in [5.41, 5.74) is 24.9. The number of unbranched alkanes of at least 4 members (excludes halogenated alkanes) is 10. The number of rotatable bonds is 27. The Morgan fingerprint density at radius 1 is 0.735 bits per heavy atom. The van der Waals surface area contributed by atoms with Gasteiger partial charge in [0, 0.05) is 12.7 Å². The molecule has 0 aliphatic carbocycles. The molecule has 0 spiro atoms. The number of para-hydroxylation sites is 1. The normalized spacial score (nSPS) is 14.1. The zero-order valence-corrected chi connectivity index (χ0v) is 33.1. The van der Waals surface area contributed by atoms with Gasteiger partial charge in [-0.1, -0.05) is 156 Å². The number of benzene rings is 1. The highest BCUT2D eigenvalue weighted by molar-refractivity contribution is 7.87. The molecule has 1 aromatic carbocycles. The summed E-state index contributed by atoms with van der Waals surface area (Å²) in [5.74, 6) is 0.164. The van der Waals surface area contributed by atoms with Crippen molar-refractivity contribution >= 4 is 21.9 Å². The lowest BCUT2D eigenvalue weighted by Gasteiger charge is -2.44. The van der Waals surface area contributed by atoms with E-state index in [0.29, 0.717) is 34.2 Å². The minimum absolute atomic E-state index is 0.222. The molecule has 0 saturated carbocycles. The lowest BCUT2D eigenvalue weighted by Crippen LogP contribution is -2.83. The SMILES string of the molecule is CCCCCCCCC(CCCC(Cc1ccccc1NC(=O)NS(=O)(=O)N(C)C(N)(N)C(N)(N)CCCCCCCC)C(C)C)C(C)C. The summed E-state index contributed by atoms with van der Waals surface area (Å²) in [7, 11) is -3.32. The highest BCUT2D eigenvalue weighted by Gasteiger charge is 2.48. The Bertz CT molecular complexity index is 1160. The molecule has 0 radical (unpaired) electrons. The van der Waals surface area contributed by atoms with Crippen LogP contribution in [0.4, 0.5) is 10.5 Å². The topological polar surface area (TPSA) is 183 Å². The van der Waals surface area contributed by atoms with Crippen LogP contribution in [0.2, 0.25) is 0 Å². The standard InChI is InChI=1S/C38H75N7O3S/c1-8-10-12-14-16-18-23-32(30(3)4)25-22-26-33(31(5)6)29-34-24-19-20-27-35(34)43-36(46)44-49(47,48)45(7)38(41,42)37(39,40)28-21-17-15-13-11-9-2/h19-20,24,27,30-33H,8-18,21-23,25-26,28-29,39-42H2,1-7H3,(H2,43,44,46). The number of urea groups is 1. The van der Waals surface area contributed by atoms with Crippen LogP contribution in [-0.2, 0) is 16.6 Å². The second-order valence-electron chi connectivity index (χ2n) is 15.3. The fourth-order valence-corrected chi connectivity index (χ4v) is 7.63. The molecule has 2 amide bonds. The van der Waals surface area contributed by atoms with Crippen LogP contribution in [0.25, 0.3) is 0 Å². The highest BCUT2D eigenvalue weighted by atomic mass is 32.2. The zero-order chi connectivity index (χ0) is 37.1. The van der Waals surface area contributed by atoms with Crippen LogP contribution in [0.5, 0.6) is 0 Å². The van der Waals surface area contributed by atoms with E-state index in [1.165, 1.54) is 64.8 Å². The van der Waals surface area contributed by atoms with E-state index in [4.69, 9.17) is 22.9 Å². The molecule has 1 rings (SSSR count). The van der Waals surface area contributed by atoms with E-state index in [9.17, 15) is 13.2 Å². The molecule has 2 unspecified atom stereocenters. The quantitative estimate of drug-likeness (QED) is 0.0396. The largest absolute Gasteiger partial charge is 0.333 e.